The molecule has 1 N–H and O–H groups in total. The standard InChI is InChI=1S/C11H9NO5/c1-7-4-8(2-3-10(14)15)5-9(6-13)11(7)12(16)17/h2-6H,1H3,(H,14,15)/b3-2+. The molecule has 0 amide bonds. The number of hydrogen-bond acceptors (Lipinski definition) is 4. The average molecular weight is 235 g/mol. The lowest BCUT2D eigenvalue weighted by Crippen LogP contribution is -1.98. The van der Waals surface area contributed by atoms with Crippen LogP contribution in [-0.4, -0.2) is 22.3 Å². The van der Waals surface area contributed by atoms with E-state index in [-0.39, 0.29) is 11.3 Å². The van der Waals surface area contributed by atoms with Crippen molar-refractivity contribution in [3.63, 3.8) is 0 Å². The molecule has 1 aromatic carbocycles. The Bertz CT molecular complexity index is 519. The molecule has 0 bridgehead atoms. The van der Waals surface area contributed by atoms with Crippen molar-refractivity contribution in [2.75, 3.05) is 0 Å². The van der Waals surface area contributed by atoms with Crippen molar-refractivity contribution in [2.45, 2.75) is 6.92 Å². The molecule has 6 nitrogen and oxygen atoms in total. The fourth-order valence-corrected chi connectivity index (χ4v) is 1.44. The molecule has 0 aromatic heterocycles. The fourth-order valence-electron chi connectivity index (χ4n) is 1.44. The first-order valence-electron chi connectivity index (χ1n) is 4.61. The van der Waals surface area contributed by atoms with E-state index in [1.807, 2.05) is 0 Å². The summed E-state index contributed by atoms with van der Waals surface area (Å²) in [6.45, 7) is 1.49. The number of aldehydes is 1. The van der Waals surface area contributed by atoms with E-state index in [9.17, 15) is 19.7 Å². The molecular formula is C11H9NO5. The zero-order valence-electron chi connectivity index (χ0n) is 8.91. The van der Waals surface area contributed by atoms with Gasteiger partial charge in [0.2, 0.25) is 0 Å². The van der Waals surface area contributed by atoms with E-state index in [4.69, 9.17) is 5.11 Å². The van der Waals surface area contributed by atoms with Gasteiger partial charge in [-0.2, -0.15) is 0 Å². The van der Waals surface area contributed by atoms with Crippen LogP contribution < -0.4 is 0 Å². The largest absolute Gasteiger partial charge is 0.478 e. The topological polar surface area (TPSA) is 97.5 Å². The van der Waals surface area contributed by atoms with Gasteiger partial charge < -0.3 is 5.11 Å². The molecule has 0 fully saturated rings. The molecule has 0 atom stereocenters. The lowest BCUT2D eigenvalue weighted by atomic mass is 10.0. The Morgan fingerprint density at radius 2 is 2.12 bits per heavy atom. The van der Waals surface area contributed by atoms with E-state index in [1.54, 1.807) is 0 Å². The van der Waals surface area contributed by atoms with Crippen LogP contribution in [0, 0.1) is 17.0 Å². The minimum absolute atomic E-state index is 0.0694. The second-order valence-corrected chi connectivity index (χ2v) is 3.32. The van der Waals surface area contributed by atoms with Crippen LogP contribution in [0.2, 0.25) is 0 Å². The zero-order valence-corrected chi connectivity index (χ0v) is 8.91. The van der Waals surface area contributed by atoms with Gasteiger partial charge in [0.25, 0.3) is 5.69 Å². The summed E-state index contributed by atoms with van der Waals surface area (Å²) in [5, 5.41) is 19.2. The van der Waals surface area contributed by atoms with Crippen LogP contribution in [0.1, 0.15) is 21.5 Å². The Morgan fingerprint density at radius 1 is 1.47 bits per heavy atom. The van der Waals surface area contributed by atoms with Crippen molar-refractivity contribution in [1.29, 1.82) is 0 Å². The van der Waals surface area contributed by atoms with Crippen molar-refractivity contribution < 1.29 is 19.6 Å². The van der Waals surface area contributed by atoms with Crippen LogP contribution in [0.25, 0.3) is 6.08 Å². The Kier molecular flexibility index (Phi) is 3.71. The van der Waals surface area contributed by atoms with Crippen molar-refractivity contribution in [3.05, 3.63) is 45.0 Å². The first kappa shape index (κ1) is 12.6. The lowest BCUT2D eigenvalue weighted by Gasteiger charge is -2.02. The number of aryl methyl sites for hydroxylation is 1. The Morgan fingerprint density at radius 3 is 2.59 bits per heavy atom. The molecule has 0 radical (unpaired) electrons. The molecule has 0 aliphatic rings. The SMILES string of the molecule is Cc1cc(/C=C/C(=O)O)cc(C=O)c1[N+](=O)[O-]. The highest BCUT2D eigenvalue weighted by atomic mass is 16.6. The molecule has 88 valence electrons. The number of carboxylic acid groups (broad SMARTS) is 1. The van der Waals surface area contributed by atoms with Gasteiger partial charge in [-0.15, -0.1) is 0 Å². The molecule has 0 spiro atoms. The number of carbonyl (C=O) groups is 2. The van der Waals surface area contributed by atoms with Crippen molar-refractivity contribution in [2.24, 2.45) is 0 Å². The van der Waals surface area contributed by atoms with Crippen LogP contribution in [0.15, 0.2) is 18.2 Å². The van der Waals surface area contributed by atoms with Crippen molar-refractivity contribution in [3.8, 4) is 0 Å². The number of nitrogens with zero attached hydrogens (tertiary/aromatic N) is 1. The third-order valence-electron chi connectivity index (χ3n) is 2.08. The third kappa shape index (κ3) is 2.97. The molecular weight excluding hydrogens is 226 g/mol. The zero-order chi connectivity index (χ0) is 13.0. The minimum atomic E-state index is -1.13. The number of benzene rings is 1. The van der Waals surface area contributed by atoms with Gasteiger partial charge in [0, 0.05) is 11.6 Å². The van der Waals surface area contributed by atoms with Crippen LogP contribution >= 0.6 is 0 Å². The minimum Gasteiger partial charge on any atom is -0.478 e. The molecule has 0 saturated heterocycles. The molecule has 1 rings (SSSR count). The summed E-state index contributed by atoms with van der Waals surface area (Å²) in [5.41, 5.74) is 0.412. The molecule has 0 aliphatic heterocycles. The smallest absolute Gasteiger partial charge is 0.328 e. The highest BCUT2D eigenvalue weighted by Gasteiger charge is 2.17. The molecule has 6 heteroatoms. The van der Waals surface area contributed by atoms with Gasteiger partial charge in [-0.1, -0.05) is 0 Å². The third-order valence-corrected chi connectivity index (χ3v) is 2.08. The van der Waals surface area contributed by atoms with Gasteiger partial charge in [-0.05, 0) is 30.7 Å². The Hall–Kier alpha value is -2.50. The van der Waals surface area contributed by atoms with Crippen LogP contribution in [0.3, 0.4) is 0 Å². The molecule has 1 aromatic rings. The summed E-state index contributed by atoms with van der Waals surface area (Å²) in [6, 6.07) is 2.72. The number of aliphatic carboxylic acids is 1. The number of nitro groups is 1. The van der Waals surface area contributed by atoms with Crippen LogP contribution in [-0.2, 0) is 4.79 Å². The van der Waals surface area contributed by atoms with E-state index >= 15 is 0 Å². The quantitative estimate of drug-likeness (QED) is 0.371. The van der Waals surface area contributed by atoms with Crippen LogP contribution in [0.5, 0.6) is 0 Å². The predicted octanol–water partition coefficient (Wildman–Crippen LogP) is 1.81. The second-order valence-electron chi connectivity index (χ2n) is 3.32. The Balaban J connectivity index is 3.32. The summed E-state index contributed by atoms with van der Waals surface area (Å²) in [4.78, 5) is 31.1. The number of carboxylic acids is 1. The lowest BCUT2D eigenvalue weighted by molar-refractivity contribution is -0.385. The number of carbonyl (C=O) groups excluding carboxylic acids is 1. The molecule has 0 aliphatic carbocycles. The molecule has 0 heterocycles. The molecule has 17 heavy (non-hydrogen) atoms. The van der Waals surface area contributed by atoms with Crippen LogP contribution in [0.4, 0.5) is 5.69 Å². The first-order chi connectivity index (χ1) is 7.95. The maximum atomic E-state index is 10.7. The second kappa shape index (κ2) is 5.02. The van der Waals surface area contributed by atoms with Gasteiger partial charge >= 0.3 is 5.97 Å². The van der Waals surface area contributed by atoms with E-state index in [1.165, 1.54) is 25.1 Å². The van der Waals surface area contributed by atoms with Gasteiger partial charge in [0.05, 0.1) is 10.5 Å². The maximum Gasteiger partial charge on any atom is 0.328 e. The predicted molar refractivity (Wildman–Crippen MR) is 59.9 cm³/mol. The maximum absolute atomic E-state index is 10.7. The summed E-state index contributed by atoms with van der Waals surface area (Å²) < 4.78 is 0. The number of nitro benzene ring substituents is 1. The number of hydrogen-bond donors (Lipinski definition) is 1. The first-order valence-corrected chi connectivity index (χ1v) is 4.61. The Labute approximate surface area is 96.3 Å². The summed E-state index contributed by atoms with van der Waals surface area (Å²) >= 11 is 0. The van der Waals surface area contributed by atoms with E-state index in [0.717, 1.165) is 6.08 Å². The van der Waals surface area contributed by atoms with E-state index in [0.29, 0.717) is 17.4 Å². The van der Waals surface area contributed by atoms with Gasteiger partial charge in [-0.3, -0.25) is 14.9 Å². The fraction of sp³-hybridized carbons (Fsp3) is 0.0909. The van der Waals surface area contributed by atoms with Crippen molar-refractivity contribution in [1.82, 2.24) is 0 Å². The van der Waals surface area contributed by atoms with E-state index in [2.05, 4.69) is 0 Å². The van der Waals surface area contributed by atoms with E-state index < -0.39 is 10.9 Å². The molecule has 0 unspecified atom stereocenters. The van der Waals surface area contributed by atoms with Gasteiger partial charge in [0.15, 0.2) is 6.29 Å². The summed E-state index contributed by atoms with van der Waals surface area (Å²) in [7, 11) is 0. The van der Waals surface area contributed by atoms with Gasteiger partial charge in [0.1, 0.15) is 0 Å². The summed E-state index contributed by atoms with van der Waals surface area (Å²) in [5.74, 6) is -1.13. The highest BCUT2D eigenvalue weighted by Crippen LogP contribution is 2.24. The van der Waals surface area contributed by atoms with Crippen molar-refractivity contribution >= 4 is 24.0 Å². The monoisotopic (exact) mass is 235 g/mol. The van der Waals surface area contributed by atoms with Gasteiger partial charge in [-0.25, -0.2) is 4.79 Å². The summed E-state index contributed by atoms with van der Waals surface area (Å²) in [6.07, 6.45) is 2.55. The molecule has 0 saturated carbocycles. The highest BCUT2D eigenvalue weighted by molar-refractivity contribution is 5.88. The number of rotatable bonds is 4. The normalized spacial score (nSPS) is 10.4. The average Bonchev–Trinajstić information content (AvgIpc) is 2.24.